The van der Waals surface area contributed by atoms with Gasteiger partial charge in [-0.25, -0.2) is 4.39 Å². The Hall–Kier alpha value is -2.56. The summed E-state index contributed by atoms with van der Waals surface area (Å²) in [6.45, 7) is 2.28. The molecule has 2 aromatic rings. The molecule has 0 aromatic heterocycles. The lowest BCUT2D eigenvalue weighted by molar-refractivity contribution is -0.124. The fraction of sp³-hybridized carbons (Fsp3) is 0.278. The van der Waals surface area contributed by atoms with Gasteiger partial charge in [0.1, 0.15) is 5.82 Å². The number of amides is 1. The maximum Gasteiger partial charge on any atom is 0.223 e. The van der Waals surface area contributed by atoms with Gasteiger partial charge in [-0.05, 0) is 48.2 Å². The summed E-state index contributed by atoms with van der Waals surface area (Å²) in [7, 11) is 0. The van der Waals surface area contributed by atoms with Gasteiger partial charge in [-0.2, -0.15) is 0 Å². The molecule has 0 radical (unpaired) electrons. The molecule has 0 saturated carbocycles. The predicted molar refractivity (Wildman–Crippen MR) is 85.8 cm³/mol. The summed E-state index contributed by atoms with van der Waals surface area (Å²) in [5, 5.41) is 21.6. The molecule has 122 valence electrons. The van der Waals surface area contributed by atoms with Gasteiger partial charge < -0.3 is 15.5 Å². The number of phenols is 2. The monoisotopic (exact) mass is 317 g/mol. The highest BCUT2D eigenvalue weighted by Gasteiger charge is 2.14. The molecule has 0 spiro atoms. The number of carbonyl (C=O) groups excluding carboxylic acids is 1. The Kier molecular flexibility index (Phi) is 5.57. The van der Waals surface area contributed by atoms with Crippen molar-refractivity contribution in [1.82, 2.24) is 5.32 Å². The van der Waals surface area contributed by atoms with Crippen molar-refractivity contribution >= 4 is 5.91 Å². The zero-order valence-electron chi connectivity index (χ0n) is 12.9. The van der Waals surface area contributed by atoms with Crippen LogP contribution in [-0.4, -0.2) is 22.7 Å². The molecule has 0 aliphatic rings. The van der Waals surface area contributed by atoms with E-state index in [1.54, 1.807) is 25.1 Å². The first-order chi connectivity index (χ1) is 11.0. The van der Waals surface area contributed by atoms with E-state index in [0.717, 1.165) is 11.1 Å². The molecule has 0 fully saturated rings. The normalized spacial score (nSPS) is 11.9. The zero-order valence-corrected chi connectivity index (χ0v) is 12.9. The fourth-order valence-electron chi connectivity index (χ4n) is 2.30. The van der Waals surface area contributed by atoms with Crippen LogP contribution in [0.2, 0.25) is 0 Å². The summed E-state index contributed by atoms with van der Waals surface area (Å²) in [5.41, 5.74) is 1.74. The van der Waals surface area contributed by atoms with Crippen molar-refractivity contribution in [2.24, 2.45) is 5.92 Å². The molecule has 2 aromatic carbocycles. The molecule has 1 atom stereocenters. The van der Waals surface area contributed by atoms with E-state index in [1.165, 1.54) is 24.3 Å². The number of hydrogen-bond acceptors (Lipinski definition) is 3. The Labute approximate surface area is 134 Å². The third kappa shape index (κ3) is 4.98. The Morgan fingerprint density at radius 2 is 1.74 bits per heavy atom. The molecule has 23 heavy (non-hydrogen) atoms. The summed E-state index contributed by atoms with van der Waals surface area (Å²) in [6.07, 6.45) is 1.11. The molecular weight excluding hydrogens is 297 g/mol. The minimum Gasteiger partial charge on any atom is -0.504 e. The number of hydrogen-bond donors (Lipinski definition) is 3. The minimum atomic E-state index is -0.274. The van der Waals surface area contributed by atoms with Gasteiger partial charge in [0.15, 0.2) is 11.5 Å². The van der Waals surface area contributed by atoms with Crippen molar-refractivity contribution in [3.8, 4) is 11.5 Å². The summed E-state index contributed by atoms with van der Waals surface area (Å²) < 4.78 is 12.8. The number of benzene rings is 2. The molecule has 0 aliphatic carbocycles. The van der Waals surface area contributed by atoms with Crippen LogP contribution >= 0.6 is 0 Å². The number of rotatable bonds is 6. The first-order valence-corrected chi connectivity index (χ1v) is 7.48. The van der Waals surface area contributed by atoms with Crippen LogP contribution in [0.1, 0.15) is 18.1 Å². The molecule has 1 unspecified atom stereocenters. The van der Waals surface area contributed by atoms with Crippen LogP contribution < -0.4 is 5.32 Å². The largest absolute Gasteiger partial charge is 0.504 e. The van der Waals surface area contributed by atoms with E-state index in [4.69, 9.17) is 0 Å². The maximum absolute atomic E-state index is 12.8. The van der Waals surface area contributed by atoms with Crippen molar-refractivity contribution in [3.63, 3.8) is 0 Å². The first-order valence-electron chi connectivity index (χ1n) is 7.48. The van der Waals surface area contributed by atoms with Gasteiger partial charge in [-0.1, -0.05) is 25.1 Å². The average molecular weight is 317 g/mol. The molecule has 0 bridgehead atoms. The number of phenolic OH excluding ortho intramolecular Hbond substituents is 2. The third-order valence-electron chi connectivity index (χ3n) is 3.66. The van der Waals surface area contributed by atoms with Gasteiger partial charge in [-0.3, -0.25) is 4.79 Å². The minimum absolute atomic E-state index is 0.0836. The Morgan fingerprint density at radius 3 is 2.39 bits per heavy atom. The number of halogens is 1. The SMILES string of the molecule is CC(Cc1ccc(O)c(O)c1)C(=O)NCCc1ccc(F)cc1. The summed E-state index contributed by atoms with van der Waals surface area (Å²) in [6, 6.07) is 10.7. The second kappa shape index (κ2) is 7.63. The van der Waals surface area contributed by atoms with E-state index < -0.39 is 0 Å². The van der Waals surface area contributed by atoms with Crippen LogP contribution in [0.15, 0.2) is 42.5 Å². The smallest absolute Gasteiger partial charge is 0.223 e. The van der Waals surface area contributed by atoms with Crippen LogP contribution in [0, 0.1) is 11.7 Å². The molecule has 4 nitrogen and oxygen atoms in total. The van der Waals surface area contributed by atoms with Gasteiger partial charge in [0, 0.05) is 12.5 Å². The highest BCUT2D eigenvalue weighted by molar-refractivity contribution is 5.78. The van der Waals surface area contributed by atoms with Crippen LogP contribution in [0.4, 0.5) is 4.39 Å². The standard InChI is InChI=1S/C18H20FNO3/c1-12(10-14-4-7-16(21)17(22)11-14)18(23)20-9-8-13-2-5-15(19)6-3-13/h2-7,11-12,21-22H,8-10H2,1H3,(H,20,23). The van der Waals surface area contributed by atoms with Crippen molar-refractivity contribution in [2.45, 2.75) is 19.8 Å². The second-order valence-corrected chi connectivity index (χ2v) is 5.60. The average Bonchev–Trinajstić information content (AvgIpc) is 2.52. The summed E-state index contributed by atoms with van der Waals surface area (Å²) >= 11 is 0. The van der Waals surface area contributed by atoms with Crippen LogP contribution in [0.5, 0.6) is 11.5 Å². The molecular formula is C18H20FNO3. The number of aromatic hydroxyl groups is 2. The van der Waals surface area contributed by atoms with Crippen molar-refractivity contribution in [1.29, 1.82) is 0 Å². The van der Waals surface area contributed by atoms with E-state index in [1.807, 2.05) is 0 Å². The predicted octanol–water partition coefficient (Wildman–Crippen LogP) is 2.77. The van der Waals surface area contributed by atoms with Crippen LogP contribution in [-0.2, 0) is 17.6 Å². The Bertz CT molecular complexity index is 670. The second-order valence-electron chi connectivity index (χ2n) is 5.60. The van der Waals surface area contributed by atoms with Gasteiger partial charge in [0.05, 0.1) is 0 Å². The number of carbonyl (C=O) groups is 1. The maximum atomic E-state index is 12.8. The Balaban J connectivity index is 1.80. The molecule has 0 heterocycles. The van der Waals surface area contributed by atoms with Gasteiger partial charge in [0.25, 0.3) is 0 Å². The molecule has 0 aliphatic heterocycles. The first kappa shape index (κ1) is 16.8. The third-order valence-corrected chi connectivity index (χ3v) is 3.66. The molecule has 3 N–H and O–H groups in total. The van der Waals surface area contributed by atoms with Crippen molar-refractivity contribution in [3.05, 3.63) is 59.4 Å². The lowest BCUT2D eigenvalue weighted by Crippen LogP contribution is -2.31. The summed E-state index contributed by atoms with van der Waals surface area (Å²) in [5.74, 6) is -0.980. The van der Waals surface area contributed by atoms with E-state index in [9.17, 15) is 19.4 Å². The van der Waals surface area contributed by atoms with E-state index >= 15 is 0 Å². The lowest BCUT2D eigenvalue weighted by atomic mass is 10.00. The van der Waals surface area contributed by atoms with Crippen LogP contribution in [0.25, 0.3) is 0 Å². The summed E-state index contributed by atoms with van der Waals surface area (Å²) in [4.78, 5) is 12.1. The highest BCUT2D eigenvalue weighted by atomic mass is 19.1. The van der Waals surface area contributed by atoms with Gasteiger partial charge in [-0.15, -0.1) is 0 Å². The highest BCUT2D eigenvalue weighted by Crippen LogP contribution is 2.26. The van der Waals surface area contributed by atoms with E-state index in [2.05, 4.69) is 5.32 Å². The van der Waals surface area contributed by atoms with Crippen molar-refractivity contribution in [2.75, 3.05) is 6.54 Å². The van der Waals surface area contributed by atoms with Crippen molar-refractivity contribution < 1.29 is 19.4 Å². The Morgan fingerprint density at radius 1 is 1.09 bits per heavy atom. The van der Waals surface area contributed by atoms with Crippen LogP contribution in [0.3, 0.4) is 0 Å². The molecule has 1 amide bonds. The number of nitrogens with one attached hydrogen (secondary N) is 1. The van der Waals surface area contributed by atoms with Gasteiger partial charge in [0.2, 0.25) is 5.91 Å². The molecule has 0 saturated heterocycles. The van der Waals surface area contributed by atoms with E-state index in [0.29, 0.717) is 19.4 Å². The quantitative estimate of drug-likeness (QED) is 0.718. The lowest BCUT2D eigenvalue weighted by Gasteiger charge is -2.13. The molecule has 2 rings (SSSR count). The topological polar surface area (TPSA) is 69.6 Å². The fourth-order valence-corrected chi connectivity index (χ4v) is 2.30. The van der Waals surface area contributed by atoms with Gasteiger partial charge >= 0.3 is 0 Å². The molecule has 5 heteroatoms. The zero-order chi connectivity index (χ0) is 16.8. The van der Waals surface area contributed by atoms with E-state index in [-0.39, 0.29) is 29.1 Å².